The van der Waals surface area contributed by atoms with Gasteiger partial charge in [-0.3, -0.25) is 14.4 Å². The molecule has 1 aromatic heterocycles. The van der Waals surface area contributed by atoms with Crippen molar-refractivity contribution in [3.05, 3.63) is 62.8 Å². The quantitative estimate of drug-likeness (QED) is 0.656. The molecule has 1 saturated carbocycles. The van der Waals surface area contributed by atoms with Gasteiger partial charge < -0.3 is 24.6 Å². The molecule has 0 unspecified atom stereocenters. The SMILES string of the molecule is O=C(NCc1ccc(F)cc1C(F)(F)F)c1cn2c(c(O)c1=O)C(=O)N1[C@H]3CC[C@H](C3)O[C@@H]1C2. The highest BCUT2D eigenvalue weighted by Gasteiger charge is 2.47. The van der Waals surface area contributed by atoms with Crippen LogP contribution < -0.4 is 10.7 Å². The monoisotopic (exact) mass is 481 g/mol. The van der Waals surface area contributed by atoms with Crippen LogP contribution in [-0.2, 0) is 24.0 Å². The highest BCUT2D eigenvalue weighted by molar-refractivity contribution is 5.99. The Morgan fingerprint density at radius 2 is 2.00 bits per heavy atom. The standard InChI is InChI=1S/C22H19F4N3O5/c23-11-2-1-10(15(5-11)22(24,25)26)7-27-20(32)14-8-28-9-16-29(12-3-4-13(6-12)34-16)21(33)17(28)19(31)18(14)30/h1-2,5,8,12-13,16,31H,3-4,6-7,9H2,(H,27,32)/t12-,13+,16+/m0/s1. The maximum absolute atomic E-state index is 13.3. The number of carbonyl (C=O) groups is 2. The third-order valence-electron chi connectivity index (χ3n) is 6.52. The normalized spacial score (nSPS) is 23.5. The molecule has 2 amide bonds. The predicted molar refractivity (Wildman–Crippen MR) is 107 cm³/mol. The van der Waals surface area contributed by atoms with Crippen molar-refractivity contribution < 1.29 is 37.0 Å². The minimum absolute atomic E-state index is 0.00915. The van der Waals surface area contributed by atoms with Crippen molar-refractivity contribution >= 4 is 11.8 Å². The molecule has 2 fully saturated rings. The summed E-state index contributed by atoms with van der Waals surface area (Å²) in [6.45, 7) is -0.559. The molecular weight excluding hydrogens is 462 g/mol. The second-order valence-corrected chi connectivity index (χ2v) is 8.60. The van der Waals surface area contributed by atoms with Crippen LogP contribution in [0.1, 0.15) is 51.2 Å². The van der Waals surface area contributed by atoms with Crippen molar-refractivity contribution in [2.24, 2.45) is 0 Å². The number of alkyl halides is 3. The van der Waals surface area contributed by atoms with E-state index in [4.69, 9.17) is 4.74 Å². The maximum atomic E-state index is 13.3. The average molecular weight is 481 g/mol. The first-order valence-corrected chi connectivity index (χ1v) is 10.6. The number of aromatic nitrogens is 1. The van der Waals surface area contributed by atoms with Crippen LogP contribution in [-0.4, -0.2) is 44.8 Å². The number of pyridine rings is 1. The van der Waals surface area contributed by atoms with Gasteiger partial charge in [0.2, 0.25) is 5.43 Å². The zero-order valence-corrected chi connectivity index (χ0v) is 17.6. The van der Waals surface area contributed by atoms with E-state index >= 15 is 0 Å². The molecule has 1 aromatic carbocycles. The van der Waals surface area contributed by atoms with Crippen molar-refractivity contribution in [3.63, 3.8) is 0 Å². The summed E-state index contributed by atoms with van der Waals surface area (Å²) in [6, 6.07) is 1.97. The minimum atomic E-state index is -4.85. The lowest BCUT2D eigenvalue weighted by atomic mass is 10.1. The molecule has 8 nitrogen and oxygen atoms in total. The maximum Gasteiger partial charge on any atom is 0.416 e. The number of carbonyl (C=O) groups excluding carboxylic acids is 2. The van der Waals surface area contributed by atoms with E-state index in [9.17, 15) is 37.1 Å². The molecule has 0 radical (unpaired) electrons. The summed E-state index contributed by atoms with van der Waals surface area (Å²) < 4.78 is 60.1. The minimum Gasteiger partial charge on any atom is -0.503 e. The number of benzene rings is 1. The number of fused-ring (bicyclic) bond motifs is 5. The number of nitrogens with one attached hydrogen (secondary N) is 1. The largest absolute Gasteiger partial charge is 0.503 e. The van der Waals surface area contributed by atoms with Gasteiger partial charge in [-0.05, 0) is 37.0 Å². The Hall–Kier alpha value is -3.41. The summed E-state index contributed by atoms with van der Waals surface area (Å²) in [5.41, 5.74) is -3.58. The van der Waals surface area contributed by atoms with Crippen LogP contribution in [0.5, 0.6) is 5.75 Å². The lowest BCUT2D eigenvalue weighted by molar-refractivity contribution is -0.138. The lowest BCUT2D eigenvalue weighted by Gasteiger charge is -2.44. The van der Waals surface area contributed by atoms with Gasteiger partial charge in [-0.25, -0.2) is 4.39 Å². The topological polar surface area (TPSA) is 101 Å². The van der Waals surface area contributed by atoms with Gasteiger partial charge in [-0.1, -0.05) is 6.07 Å². The van der Waals surface area contributed by atoms with Crippen molar-refractivity contribution in [2.45, 2.75) is 56.9 Å². The molecular formula is C22H19F4N3O5. The molecule has 3 heterocycles. The van der Waals surface area contributed by atoms with Crippen molar-refractivity contribution in [1.29, 1.82) is 0 Å². The van der Waals surface area contributed by atoms with Gasteiger partial charge in [0.1, 0.15) is 11.4 Å². The molecule has 2 aromatic rings. The van der Waals surface area contributed by atoms with Crippen LogP contribution in [0.15, 0.2) is 29.2 Å². The summed E-state index contributed by atoms with van der Waals surface area (Å²) in [4.78, 5) is 39.9. The molecule has 180 valence electrons. The summed E-state index contributed by atoms with van der Waals surface area (Å²) in [5.74, 6) is -3.62. The zero-order chi connectivity index (χ0) is 24.4. The van der Waals surface area contributed by atoms with Gasteiger partial charge in [0, 0.05) is 18.8 Å². The first-order chi connectivity index (χ1) is 16.0. The fourth-order valence-electron chi connectivity index (χ4n) is 4.95. The van der Waals surface area contributed by atoms with Crippen LogP contribution >= 0.6 is 0 Å². The number of rotatable bonds is 3. The third kappa shape index (κ3) is 3.61. The molecule has 1 aliphatic carbocycles. The second-order valence-electron chi connectivity index (χ2n) is 8.60. The predicted octanol–water partition coefficient (Wildman–Crippen LogP) is 2.38. The van der Waals surface area contributed by atoms with E-state index in [1.54, 1.807) is 0 Å². The van der Waals surface area contributed by atoms with Gasteiger partial charge in [0.05, 0.1) is 18.2 Å². The highest BCUT2D eigenvalue weighted by atomic mass is 19.4. The first kappa shape index (κ1) is 22.4. The van der Waals surface area contributed by atoms with E-state index in [2.05, 4.69) is 5.32 Å². The summed E-state index contributed by atoms with van der Waals surface area (Å²) in [6.07, 6.45) is -2.14. The first-order valence-electron chi connectivity index (χ1n) is 10.6. The summed E-state index contributed by atoms with van der Waals surface area (Å²) >= 11 is 0. The second kappa shape index (κ2) is 7.83. The fraction of sp³-hybridized carbons (Fsp3) is 0.409. The molecule has 2 N–H and O–H groups in total. The van der Waals surface area contributed by atoms with E-state index in [0.29, 0.717) is 12.5 Å². The number of hydrogen-bond acceptors (Lipinski definition) is 5. The molecule has 2 aliphatic heterocycles. The van der Waals surface area contributed by atoms with Crippen molar-refractivity contribution in [2.75, 3.05) is 0 Å². The molecule has 1 saturated heterocycles. The van der Waals surface area contributed by atoms with Gasteiger partial charge in [0.15, 0.2) is 17.7 Å². The van der Waals surface area contributed by atoms with Gasteiger partial charge in [-0.15, -0.1) is 0 Å². The Morgan fingerprint density at radius 1 is 1.24 bits per heavy atom. The Morgan fingerprint density at radius 3 is 2.74 bits per heavy atom. The van der Waals surface area contributed by atoms with Gasteiger partial charge >= 0.3 is 6.18 Å². The van der Waals surface area contributed by atoms with Crippen LogP contribution in [0.25, 0.3) is 0 Å². The van der Waals surface area contributed by atoms with Gasteiger partial charge in [0.25, 0.3) is 11.8 Å². The number of halogens is 4. The molecule has 2 bridgehead atoms. The third-order valence-corrected chi connectivity index (χ3v) is 6.52. The Labute approximate surface area is 189 Å². The number of hydrogen-bond donors (Lipinski definition) is 2. The average Bonchev–Trinajstić information content (AvgIpc) is 3.15. The van der Waals surface area contributed by atoms with E-state index in [1.807, 2.05) is 0 Å². The lowest BCUT2D eigenvalue weighted by Crippen LogP contribution is -2.57. The van der Waals surface area contributed by atoms with Crippen molar-refractivity contribution in [3.8, 4) is 5.75 Å². The Kier molecular flexibility index (Phi) is 5.15. The van der Waals surface area contributed by atoms with Gasteiger partial charge in [-0.2, -0.15) is 13.2 Å². The van der Waals surface area contributed by atoms with Crippen molar-refractivity contribution in [1.82, 2.24) is 14.8 Å². The number of nitrogens with zero attached hydrogens (tertiary/aromatic N) is 2. The molecule has 12 heteroatoms. The van der Waals surface area contributed by atoms with Crippen LogP contribution in [0, 0.1) is 5.82 Å². The molecule has 5 rings (SSSR count). The van der Waals surface area contributed by atoms with E-state index < -0.39 is 64.4 Å². The Bertz CT molecular complexity index is 1260. The van der Waals surface area contributed by atoms with Crippen LogP contribution in [0.4, 0.5) is 17.6 Å². The summed E-state index contributed by atoms with van der Waals surface area (Å²) in [7, 11) is 0. The molecule has 3 aliphatic rings. The van der Waals surface area contributed by atoms with Crippen LogP contribution in [0.3, 0.4) is 0 Å². The number of ether oxygens (including phenoxy) is 1. The van der Waals surface area contributed by atoms with Crippen LogP contribution in [0.2, 0.25) is 0 Å². The number of amides is 2. The molecule has 34 heavy (non-hydrogen) atoms. The molecule has 3 atom stereocenters. The Balaban J connectivity index is 1.43. The zero-order valence-electron chi connectivity index (χ0n) is 17.6. The number of aromatic hydroxyl groups is 1. The smallest absolute Gasteiger partial charge is 0.416 e. The summed E-state index contributed by atoms with van der Waals surface area (Å²) in [5, 5.41) is 12.7. The highest BCUT2D eigenvalue weighted by Crippen LogP contribution is 2.39. The van der Waals surface area contributed by atoms with E-state index in [0.717, 1.165) is 31.2 Å². The van der Waals surface area contributed by atoms with E-state index in [-0.39, 0.29) is 24.4 Å². The van der Waals surface area contributed by atoms with E-state index in [1.165, 1.54) is 9.47 Å². The fourth-order valence-corrected chi connectivity index (χ4v) is 4.95. The molecule has 0 spiro atoms.